The van der Waals surface area contributed by atoms with Gasteiger partial charge in [0.15, 0.2) is 17.5 Å². The fourth-order valence-corrected chi connectivity index (χ4v) is 6.00. The fraction of sp³-hybridized carbons (Fsp3) is 0. The third-order valence-electron chi connectivity index (χ3n) is 8.14. The number of fused-ring (bicyclic) bond motifs is 6. The maximum Gasteiger partial charge on any atom is 0.164 e. The Bertz CT molecular complexity index is 2500. The normalized spacial score (nSPS) is 11.6. The molecule has 9 rings (SSSR count). The zero-order chi connectivity index (χ0) is 29.0. The van der Waals surface area contributed by atoms with Crippen LogP contribution in [0.5, 0.6) is 0 Å². The van der Waals surface area contributed by atoms with Gasteiger partial charge >= 0.3 is 0 Å². The molecule has 6 aromatic carbocycles. The van der Waals surface area contributed by atoms with Gasteiger partial charge in [0.1, 0.15) is 22.3 Å². The van der Waals surface area contributed by atoms with Crippen LogP contribution >= 0.6 is 0 Å². The van der Waals surface area contributed by atoms with E-state index < -0.39 is 0 Å². The van der Waals surface area contributed by atoms with Crippen molar-refractivity contribution in [2.75, 3.05) is 0 Å². The molecule has 0 aliphatic carbocycles. The lowest BCUT2D eigenvalue weighted by Crippen LogP contribution is -2.00. The van der Waals surface area contributed by atoms with Gasteiger partial charge in [-0.1, -0.05) is 103 Å². The van der Waals surface area contributed by atoms with Crippen molar-refractivity contribution in [3.05, 3.63) is 140 Å². The molecular weight excluding hydrogens is 542 g/mol. The Balaban J connectivity index is 1.22. The average Bonchev–Trinajstić information content (AvgIpc) is 3.66. The molecule has 0 saturated heterocycles. The number of hydrogen-bond donors (Lipinski definition) is 0. The first kappa shape index (κ1) is 24.5. The number of para-hydroxylation sites is 2. The van der Waals surface area contributed by atoms with Gasteiger partial charge in [0.2, 0.25) is 0 Å². The summed E-state index contributed by atoms with van der Waals surface area (Å²) in [6, 6.07) is 47.0. The van der Waals surface area contributed by atoms with E-state index in [1.165, 1.54) is 0 Å². The standard InChI is InChI=1S/C39H23N3O2/c1-3-10-24(11-4-1)28-15-9-16-31-32-22-26(19-21-34(32)44-36(28)31)38-40-37(25-12-5-2-6-13-25)41-39(42-38)27-18-20-30-29-14-7-8-17-33(29)43-35(30)23-27/h1-23H. The molecule has 0 aliphatic rings. The number of rotatable bonds is 4. The predicted octanol–water partition coefficient (Wildman–Crippen LogP) is 10.3. The van der Waals surface area contributed by atoms with Crippen LogP contribution in [0.2, 0.25) is 0 Å². The van der Waals surface area contributed by atoms with Crippen LogP contribution in [0.4, 0.5) is 0 Å². The van der Waals surface area contributed by atoms with Gasteiger partial charge in [-0.3, -0.25) is 0 Å². The van der Waals surface area contributed by atoms with Crippen molar-refractivity contribution >= 4 is 43.9 Å². The molecule has 0 N–H and O–H groups in total. The largest absolute Gasteiger partial charge is 0.456 e. The van der Waals surface area contributed by atoms with E-state index in [4.69, 9.17) is 23.8 Å². The van der Waals surface area contributed by atoms with Gasteiger partial charge in [-0.2, -0.15) is 0 Å². The van der Waals surface area contributed by atoms with Crippen molar-refractivity contribution in [1.82, 2.24) is 15.0 Å². The number of furan rings is 2. The third kappa shape index (κ3) is 3.98. The second-order valence-corrected chi connectivity index (χ2v) is 10.8. The molecule has 0 radical (unpaired) electrons. The lowest BCUT2D eigenvalue weighted by Gasteiger charge is -2.08. The molecule has 0 fully saturated rings. The first-order chi connectivity index (χ1) is 21.8. The van der Waals surface area contributed by atoms with Gasteiger partial charge in [-0.15, -0.1) is 0 Å². The van der Waals surface area contributed by atoms with Gasteiger partial charge in [-0.05, 0) is 42.0 Å². The minimum absolute atomic E-state index is 0.583. The molecule has 0 spiro atoms. The number of aromatic nitrogens is 3. The summed E-state index contributed by atoms with van der Waals surface area (Å²) in [5, 5.41) is 4.22. The molecule has 9 aromatic rings. The Hall–Kier alpha value is -6.07. The van der Waals surface area contributed by atoms with Crippen LogP contribution < -0.4 is 0 Å². The smallest absolute Gasteiger partial charge is 0.164 e. The predicted molar refractivity (Wildman–Crippen MR) is 176 cm³/mol. The molecule has 44 heavy (non-hydrogen) atoms. The summed E-state index contributed by atoms with van der Waals surface area (Å²) < 4.78 is 12.6. The highest BCUT2D eigenvalue weighted by Crippen LogP contribution is 2.38. The summed E-state index contributed by atoms with van der Waals surface area (Å²) >= 11 is 0. The summed E-state index contributed by atoms with van der Waals surface area (Å²) in [5.41, 5.74) is 8.19. The van der Waals surface area contributed by atoms with Crippen molar-refractivity contribution in [2.45, 2.75) is 0 Å². The van der Waals surface area contributed by atoms with Crippen molar-refractivity contribution in [2.24, 2.45) is 0 Å². The molecule has 206 valence electrons. The summed E-state index contributed by atoms with van der Waals surface area (Å²) in [7, 11) is 0. The third-order valence-corrected chi connectivity index (χ3v) is 8.14. The van der Waals surface area contributed by atoms with E-state index in [0.29, 0.717) is 17.5 Å². The van der Waals surface area contributed by atoms with Crippen LogP contribution in [0.1, 0.15) is 0 Å². The molecule has 5 nitrogen and oxygen atoms in total. The van der Waals surface area contributed by atoms with Crippen LogP contribution in [0.3, 0.4) is 0 Å². The van der Waals surface area contributed by atoms with E-state index in [-0.39, 0.29) is 0 Å². The lowest BCUT2D eigenvalue weighted by molar-refractivity contribution is 0.669. The highest BCUT2D eigenvalue weighted by molar-refractivity contribution is 6.10. The van der Waals surface area contributed by atoms with E-state index in [1.807, 2.05) is 84.9 Å². The Morgan fingerprint density at radius 3 is 1.73 bits per heavy atom. The molecule has 3 aromatic heterocycles. The minimum atomic E-state index is 0.583. The molecule has 3 heterocycles. The molecule has 0 atom stereocenters. The van der Waals surface area contributed by atoms with Gasteiger partial charge in [0.25, 0.3) is 0 Å². The summed E-state index contributed by atoms with van der Waals surface area (Å²) in [5.74, 6) is 1.78. The summed E-state index contributed by atoms with van der Waals surface area (Å²) in [4.78, 5) is 14.9. The van der Waals surface area contributed by atoms with Crippen molar-refractivity contribution in [3.8, 4) is 45.3 Å². The Morgan fingerprint density at radius 1 is 0.341 bits per heavy atom. The Kier molecular flexibility index (Phi) is 5.43. The van der Waals surface area contributed by atoms with Crippen LogP contribution in [0, 0.1) is 0 Å². The fourth-order valence-electron chi connectivity index (χ4n) is 6.00. The number of nitrogens with zero attached hydrogens (tertiary/aromatic N) is 3. The zero-order valence-electron chi connectivity index (χ0n) is 23.4. The van der Waals surface area contributed by atoms with Crippen LogP contribution in [0.15, 0.2) is 148 Å². The molecule has 0 saturated carbocycles. The maximum atomic E-state index is 6.42. The lowest BCUT2D eigenvalue weighted by atomic mass is 10.0. The SMILES string of the molecule is c1ccc(-c2nc(-c3ccc4c(c3)oc3ccccc34)nc(-c3ccc4oc5c(-c6ccccc6)cccc5c4c3)n2)cc1. The van der Waals surface area contributed by atoms with E-state index in [0.717, 1.165) is 71.7 Å². The van der Waals surface area contributed by atoms with E-state index in [9.17, 15) is 0 Å². The average molecular weight is 566 g/mol. The molecule has 0 bridgehead atoms. The Morgan fingerprint density at radius 2 is 0.932 bits per heavy atom. The highest BCUT2D eigenvalue weighted by Gasteiger charge is 2.17. The van der Waals surface area contributed by atoms with E-state index in [2.05, 4.69) is 54.6 Å². The Labute approximate surface area is 252 Å². The second kappa shape index (κ2) is 9.75. The van der Waals surface area contributed by atoms with Crippen LogP contribution in [-0.2, 0) is 0 Å². The second-order valence-electron chi connectivity index (χ2n) is 10.8. The maximum absolute atomic E-state index is 6.42. The first-order valence-electron chi connectivity index (χ1n) is 14.5. The zero-order valence-corrected chi connectivity index (χ0v) is 23.4. The molecule has 0 aliphatic heterocycles. The number of benzene rings is 6. The summed E-state index contributed by atoms with van der Waals surface area (Å²) in [6.07, 6.45) is 0. The highest BCUT2D eigenvalue weighted by atomic mass is 16.3. The van der Waals surface area contributed by atoms with Gasteiger partial charge in [-0.25, -0.2) is 15.0 Å². The first-order valence-corrected chi connectivity index (χ1v) is 14.5. The molecule has 0 unspecified atom stereocenters. The van der Waals surface area contributed by atoms with Crippen molar-refractivity contribution in [3.63, 3.8) is 0 Å². The van der Waals surface area contributed by atoms with Crippen molar-refractivity contribution in [1.29, 1.82) is 0 Å². The topological polar surface area (TPSA) is 65.0 Å². The molecular formula is C39H23N3O2. The number of hydrogen-bond acceptors (Lipinski definition) is 5. The molecule has 5 heteroatoms. The van der Waals surface area contributed by atoms with Crippen LogP contribution in [0.25, 0.3) is 89.2 Å². The van der Waals surface area contributed by atoms with Gasteiger partial charge in [0.05, 0.1) is 0 Å². The van der Waals surface area contributed by atoms with E-state index >= 15 is 0 Å². The van der Waals surface area contributed by atoms with E-state index in [1.54, 1.807) is 0 Å². The quantitative estimate of drug-likeness (QED) is 0.212. The van der Waals surface area contributed by atoms with Gasteiger partial charge in [0, 0.05) is 43.8 Å². The minimum Gasteiger partial charge on any atom is -0.456 e. The molecule has 0 amide bonds. The van der Waals surface area contributed by atoms with Gasteiger partial charge < -0.3 is 8.83 Å². The summed E-state index contributed by atoms with van der Waals surface area (Å²) in [6.45, 7) is 0. The van der Waals surface area contributed by atoms with Crippen molar-refractivity contribution < 1.29 is 8.83 Å². The van der Waals surface area contributed by atoms with Crippen LogP contribution in [-0.4, -0.2) is 15.0 Å². The monoisotopic (exact) mass is 565 g/mol.